The Morgan fingerprint density at radius 1 is 0.897 bits per heavy atom. The third-order valence-electron chi connectivity index (χ3n) is 17.3. The van der Waals surface area contributed by atoms with Crippen LogP contribution >= 0.6 is 0 Å². The molecule has 5 fully saturated rings. The predicted octanol–water partition coefficient (Wildman–Crippen LogP) is 6.63. The molecule has 308 valence electrons. The van der Waals surface area contributed by atoms with Crippen molar-refractivity contribution in [3.8, 4) is 23.3 Å². The summed E-state index contributed by atoms with van der Waals surface area (Å²) in [7, 11) is 0. The number of allylic oxidation sites excluding steroid dienone is 8. The Labute approximate surface area is 341 Å². The minimum Gasteiger partial charge on any atom is -0.454 e. The SMILES string of the molecule is CC#C[C@]1(O)CC[C@H]2[C@@H]3CCC4=CC(=O)CCC4=C3[C@@H](c3ccc4c(c3)OCO4)C[C@@]21C.C[C@]12C=CC(=O)C=C1CC[C@@H]1[C@@H]2[C@@H](O)C[C@@]2(C)[C@H]1CC[C@]2(O)C(=O)CO. The molecule has 1 heterocycles. The van der Waals surface area contributed by atoms with Crippen molar-refractivity contribution >= 4 is 17.3 Å². The summed E-state index contributed by atoms with van der Waals surface area (Å²) in [4.78, 5) is 36.3. The lowest BCUT2D eigenvalue weighted by molar-refractivity contribution is -0.178. The van der Waals surface area contributed by atoms with Crippen molar-refractivity contribution in [2.75, 3.05) is 13.4 Å². The highest BCUT2D eigenvalue weighted by molar-refractivity contribution is 6.01. The Hall–Kier alpha value is -3.81. The van der Waals surface area contributed by atoms with Gasteiger partial charge in [0, 0.05) is 34.5 Å². The van der Waals surface area contributed by atoms with Crippen LogP contribution in [0.2, 0.25) is 0 Å². The quantitative estimate of drug-likeness (QED) is 0.248. The molecule has 0 spiro atoms. The molecule has 9 heteroatoms. The van der Waals surface area contributed by atoms with Crippen LogP contribution in [0, 0.1) is 57.7 Å². The Balaban J connectivity index is 0.000000154. The fraction of sp³-hybridized carbons (Fsp3) is 0.612. The monoisotopic (exact) mass is 790 g/mol. The summed E-state index contributed by atoms with van der Waals surface area (Å²) >= 11 is 0. The summed E-state index contributed by atoms with van der Waals surface area (Å²) in [5, 5.41) is 43.4. The molecule has 0 bridgehead atoms. The first-order chi connectivity index (χ1) is 27.6. The van der Waals surface area contributed by atoms with Gasteiger partial charge in [-0.2, -0.15) is 0 Å². The largest absolute Gasteiger partial charge is 0.454 e. The number of hydrogen-bond acceptors (Lipinski definition) is 9. The van der Waals surface area contributed by atoms with Crippen LogP contribution in [0.25, 0.3) is 0 Å². The van der Waals surface area contributed by atoms with E-state index in [1.54, 1.807) is 12.2 Å². The molecule has 1 aromatic rings. The highest BCUT2D eigenvalue weighted by Crippen LogP contribution is 2.68. The van der Waals surface area contributed by atoms with E-state index in [2.05, 4.69) is 37.8 Å². The molecule has 9 aliphatic rings. The smallest absolute Gasteiger partial charge is 0.231 e. The van der Waals surface area contributed by atoms with E-state index in [1.165, 1.54) is 22.3 Å². The minimum absolute atomic E-state index is 0.00912. The lowest BCUT2D eigenvalue weighted by Crippen LogP contribution is -2.61. The van der Waals surface area contributed by atoms with Gasteiger partial charge in [0.05, 0.1) is 6.10 Å². The van der Waals surface area contributed by atoms with E-state index < -0.39 is 35.1 Å². The van der Waals surface area contributed by atoms with Gasteiger partial charge in [-0.3, -0.25) is 14.4 Å². The molecule has 58 heavy (non-hydrogen) atoms. The van der Waals surface area contributed by atoms with Crippen LogP contribution in [0.4, 0.5) is 0 Å². The number of Topliss-reactive ketones (excluding diaryl/α,β-unsaturated/α-hetero) is 1. The molecule has 10 rings (SSSR count). The molecule has 9 nitrogen and oxygen atoms in total. The summed E-state index contributed by atoms with van der Waals surface area (Å²) in [5.74, 6) is 8.91. The van der Waals surface area contributed by atoms with Gasteiger partial charge in [0.2, 0.25) is 6.79 Å². The van der Waals surface area contributed by atoms with Crippen molar-refractivity contribution in [2.45, 2.75) is 128 Å². The standard InChI is InChI=1S/C28H30O4.C21H28O5/c1-3-11-28(30)12-10-23-21-7-4-17-13-19(29)6-8-20(17)26(21)22(15-27(23,28)2)18-5-9-24-25(14-18)32-16-31-24;1-19-7-5-13(23)9-12(19)3-4-14-15-6-8-21(26,17(25)11-22)20(15,2)10-16(24)18(14)19/h5,9,13-14,21-23,30H,4,6-8,10,12,15-16H2,1-2H3;5,7,9,14-16,18,22,24,26H,3-4,6,8,10-11H2,1-2H3/t21-,22+,23-,27-,28-;14-,15-,16-,18+,19-,20-,21-/m00/s1. The van der Waals surface area contributed by atoms with Crippen LogP contribution in [0.1, 0.15) is 116 Å². The highest BCUT2D eigenvalue weighted by Gasteiger charge is 2.68. The maximum atomic E-state index is 12.4. The number of rotatable bonds is 3. The summed E-state index contributed by atoms with van der Waals surface area (Å²) < 4.78 is 11.3. The van der Waals surface area contributed by atoms with Crippen molar-refractivity contribution in [2.24, 2.45) is 45.8 Å². The maximum Gasteiger partial charge on any atom is 0.231 e. The third kappa shape index (κ3) is 5.61. The van der Waals surface area contributed by atoms with E-state index in [9.17, 15) is 34.8 Å². The number of carbonyl (C=O) groups is 3. The second-order valence-electron chi connectivity index (χ2n) is 19.6. The van der Waals surface area contributed by atoms with Gasteiger partial charge in [-0.25, -0.2) is 0 Å². The minimum atomic E-state index is -1.56. The normalized spacial score (nSPS) is 42.9. The molecular formula is C49H58O9. The van der Waals surface area contributed by atoms with E-state index in [4.69, 9.17) is 9.47 Å². The Kier molecular flexibility index (Phi) is 9.48. The van der Waals surface area contributed by atoms with Crippen molar-refractivity contribution in [1.29, 1.82) is 0 Å². The number of hydrogen-bond donors (Lipinski definition) is 4. The van der Waals surface area contributed by atoms with Gasteiger partial charge >= 0.3 is 0 Å². The van der Waals surface area contributed by atoms with Gasteiger partial charge in [-0.05, 0) is 148 Å². The molecule has 8 aliphatic carbocycles. The van der Waals surface area contributed by atoms with E-state index in [-0.39, 0.29) is 52.9 Å². The Morgan fingerprint density at radius 3 is 2.45 bits per heavy atom. The van der Waals surface area contributed by atoms with Crippen LogP contribution in [-0.4, -0.2) is 68.5 Å². The number of ether oxygens (including phenoxy) is 2. The van der Waals surface area contributed by atoms with Crippen LogP contribution in [0.3, 0.4) is 0 Å². The topological polar surface area (TPSA) is 151 Å². The van der Waals surface area contributed by atoms with Gasteiger partial charge in [0.15, 0.2) is 28.8 Å². The molecule has 0 saturated heterocycles. The molecule has 5 saturated carbocycles. The van der Waals surface area contributed by atoms with E-state index >= 15 is 0 Å². The average molecular weight is 791 g/mol. The second-order valence-corrected chi connectivity index (χ2v) is 19.6. The molecule has 0 unspecified atom stereocenters. The van der Waals surface area contributed by atoms with Crippen LogP contribution in [0.15, 0.2) is 64.8 Å². The molecule has 1 aliphatic heterocycles. The number of ketones is 3. The Morgan fingerprint density at radius 2 is 1.67 bits per heavy atom. The van der Waals surface area contributed by atoms with E-state index in [1.807, 2.05) is 32.1 Å². The third-order valence-corrected chi connectivity index (χ3v) is 17.3. The molecule has 0 aromatic heterocycles. The zero-order valence-electron chi connectivity index (χ0n) is 34.3. The van der Waals surface area contributed by atoms with Crippen molar-refractivity contribution in [1.82, 2.24) is 0 Å². The van der Waals surface area contributed by atoms with Crippen LogP contribution in [0.5, 0.6) is 11.5 Å². The van der Waals surface area contributed by atoms with Gasteiger partial charge in [-0.1, -0.05) is 50.0 Å². The van der Waals surface area contributed by atoms with Gasteiger partial charge in [0.1, 0.15) is 17.8 Å². The fourth-order valence-electron chi connectivity index (χ4n) is 14.4. The zero-order chi connectivity index (χ0) is 41.0. The molecule has 4 N–H and O–H groups in total. The van der Waals surface area contributed by atoms with Crippen molar-refractivity contribution in [3.05, 3.63) is 70.4 Å². The lowest BCUT2D eigenvalue weighted by Gasteiger charge is -2.59. The summed E-state index contributed by atoms with van der Waals surface area (Å²) in [6.45, 7) is 7.71. The number of fused-ring (bicyclic) bond motifs is 10. The second kappa shape index (κ2) is 13.9. The fourth-order valence-corrected chi connectivity index (χ4v) is 14.4. The molecule has 12 atom stereocenters. The molecule has 1 aromatic carbocycles. The van der Waals surface area contributed by atoms with E-state index in [0.717, 1.165) is 74.9 Å². The number of aliphatic hydroxyl groups is 4. The average Bonchev–Trinajstić information content (AvgIpc) is 3.86. The molecular weight excluding hydrogens is 733 g/mol. The zero-order valence-corrected chi connectivity index (χ0v) is 34.3. The first-order valence-electron chi connectivity index (χ1n) is 21.6. The van der Waals surface area contributed by atoms with Gasteiger partial charge in [0.25, 0.3) is 0 Å². The molecule has 0 amide bonds. The highest BCUT2D eigenvalue weighted by atomic mass is 16.7. The molecule has 0 radical (unpaired) electrons. The number of benzene rings is 1. The predicted molar refractivity (Wildman–Crippen MR) is 216 cm³/mol. The first kappa shape index (κ1) is 39.6. The first-order valence-corrected chi connectivity index (χ1v) is 21.6. The van der Waals surface area contributed by atoms with Gasteiger partial charge in [-0.15, -0.1) is 5.92 Å². The van der Waals surface area contributed by atoms with Crippen molar-refractivity contribution in [3.63, 3.8) is 0 Å². The number of carbonyl (C=O) groups excluding carboxylic acids is 3. The van der Waals surface area contributed by atoms with Crippen LogP contribution < -0.4 is 9.47 Å². The number of aliphatic hydroxyl groups excluding tert-OH is 2. The van der Waals surface area contributed by atoms with Gasteiger partial charge < -0.3 is 29.9 Å². The summed E-state index contributed by atoms with van der Waals surface area (Å²) in [6.07, 6.45) is 15.7. The van der Waals surface area contributed by atoms with E-state index in [0.29, 0.717) is 31.1 Å². The van der Waals surface area contributed by atoms with Crippen LogP contribution in [-0.2, 0) is 14.4 Å². The van der Waals surface area contributed by atoms with Crippen molar-refractivity contribution < 1.29 is 44.3 Å². The maximum absolute atomic E-state index is 12.4. The summed E-state index contributed by atoms with van der Waals surface area (Å²) in [6, 6.07) is 6.31. The summed E-state index contributed by atoms with van der Waals surface area (Å²) in [5.41, 5.74) is 2.66. The Bertz CT molecular complexity index is 2150. The lowest BCUT2D eigenvalue weighted by atomic mass is 9.46.